The van der Waals surface area contributed by atoms with Crippen molar-refractivity contribution < 1.29 is 9.53 Å². The molecule has 0 radical (unpaired) electrons. The van der Waals surface area contributed by atoms with Gasteiger partial charge in [-0.2, -0.15) is 16.4 Å². The fraction of sp³-hybridized carbons (Fsp3) is 0.385. The zero-order chi connectivity index (χ0) is 14.2. The lowest BCUT2D eigenvalue weighted by molar-refractivity contribution is 0.196. The molecule has 2 aromatic heterocycles. The summed E-state index contributed by atoms with van der Waals surface area (Å²) in [5, 5.41) is 14.0. The topological polar surface area (TPSA) is 68.2 Å². The predicted octanol–water partition coefficient (Wildman–Crippen LogP) is 1.56. The van der Waals surface area contributed by atoms with Gasteiger partial charge in [0.15, 0.2) is 0 Å². The Morgan fingerprint density at radius 2 is 2.25 bits per heavy atom. The van der Waals surface area contributed by atoms with Crippen molar-refractivity contribution in [1.29, 1.82) is 0 Å². The highest BCUT2D eigenvalue weighted by Gasteiger charge is 2.03. The van der Waals surface area contributed by atoms with E-state index in [2.05, 4.69) is 21.1 Å². The fourth-order valence-electron chi connectivity index (χ4n) is 1.66. The van der Waals surface area contributed by atoms with Gasteiger partial charge < -0.3 is 15.4 Å². The van der Waals surface area contributed by atoms with E-state index in [4.69, 9.17) is 4.74 Å². The Hall–Kier alpha value is -1.86. The number of amides is 2. The summed E-state index contributed by atoms with van der Waals surface area (Å²) in [7, 11) is 1.60. The van der Waals surface area contributed by atoms with E-state index in [1.54, 1.807) is 18.4 Å². The summed E-state index contributed by atoms with van der Waals surface area (Å²) in [6.07, 6.45) is 1.91. The van der Waals surface area contributed by atoms with Crippen LogP contribution < -0.4 is 10.6 Å². The average Bonchev–Trinajstić information content (AvgIpc) is 3.09. The van der Waals surface area contributed by atoms with Crippen molar-refractivity contribution in [3.05, 3.63) is 29.1 Å². The maximum atomic E-state index is 11.4. The number of nitrogens with zero attached hydrogens (tertiary/aromatic N) is 2. The molecule has 0 saturated carbocycles. The number of thiophene rings is 1. The highest BCUT2D eigenvalue weighted by Crippen LogP contribution is 2.19. The second-order valence-corrected chi connectivity index (χ2v) is 4.93. The number of methoxy groups -OCH3 is 1. The lowest BCUT2D eigenvalue weighted by Crippen LogP contribution is -2.38. The number of carbonyl (C=O) groups excluding carboxylic acids is 1. The van der Waals surface area contributed by atoms with Gasteiger partial charge in [-0.3, -0.25) is 4.68 Å². The molecule has 0 aliphatic heterocycles. The van der Waals surface area contributed by atoms with Crippen LogP contribution in [-0.4, -0.2) is 42.6 Å². The molecule has 0 bridgehead atoms. The number of nitrogens with one attached hydrogen (secondary N) is 2. The number of carbonyl (C=O) groups is 1. The third-order valence-electron chi connectivity index (χ3n) is 2.68. The maximum absolute atomic E-state index is 11.4. The normalized spacial score (nSPS) is 10.4. The fourth-order valence-corrected chi connectivity index (χ4v) is 2.31. The van der Waals surface area contributed by atoms with Crippen molar-refractivity contribution >= 4 is 17.4 Å². The molecule has 0 saturated heterocycles. The second kappa shape index (κ2) is 7.66. The maximum Gasteiger partial charge on any atom is 0.314 e. The summed E-state index contributed by atoms with van der Waals surface area (Å²) in [5.74, 6) is 0. The quantitative estimate of drug-likeness (QED) is 0.761. The largest absolute Gasteiger partial charge is 0.383 e. The predicted molar refractivity (Wildman–Crippen MR) is 78.8 cm³/mol. The van der Waals surface area contributed by atoms with Gasteiger partial charge in [0.25, 0.3) is 0 Å². The molecule has 2 heterocycles. The zero-order valence-corrected chi connectivity index (χ0v) is 12.2. The van der Waals surface area contributed by atoms with Gasteiger partial charge in [-0.25, -0.2) is 4.79 Å². The van der Waals surface area contributed by atoms with Crippen molar-refractivity contribution in [2.75, 3.05) is 26.8 Å². The molecule has 6 nitrogen and oxygen atoms in total. The van der Waals surface area contributed by atoms with E-state index in [0.717, 1.165) is 11.3 Å². The minimum atomic E-state index is -0.188. The van der Waals surface area contributed by atoms with Crippen LogP contribution in [0, 0.1) is 0 Å². The first-order valence-electron chi connectivity index (χ1n) is 6.36. The van der Waals surface area contributed by atoms with Gasteiger partial charge in [-0.05, 0) is 17.5 Å². The summed E-state index contributed by atoms with van der Waals surface area (Å²) in [5.41, 5.74) is 2.08. The molecule has 0 aliphatic rings. The molecule has 108 valence electrons. The van der Waals surface area contributed by atoms with E-state index >= 15 is 0 Å². The highest BCUT2D eigenvalue weighted by molar-refractivity contribution is 7.08. The first-order valence-corrected chi connectivity index (χ1v) is 7.30. The molecule has 2 aromatic rings. The number of hydrogen-bond donors (Lipinski definition) is 2. The average molecular weight is 294 g/mol. The van der Waals surface area contributed by atoms with Crippen molar-refractivity contribution in [2.24, 2.45) is 0 Å². The van der Waals surface area contributed by atoms with Crippen LogP contribution in [0.3, 0.4) is 0 Å². The number of urea groups is 1. The van der Waals surface area contributed by atoms with Crippen LogP contribution in [0.4, 0.5) is 4.79 Å². The molecule has 0 aromatic carbocycles. The third-order valence-corrected chi connectivity index (χ3v) is 3.36. The SMILES string of the molecule is COCCNC(=O)NCCn1ccc(-c2ccsc2)n1. The van der Waals surface area contributed by atoms with E-state index in [1.807, 2.05) is 28.4 Å². The Morgan fingerprint density at radius 1 is 1.40 bits per heavy atom. The number of hydrogen-bond acceptors (Lipinski definition) is 4. The summed E-state index contributed by atoms with van der Waals surface area (Å²) in [4.78, 5) is 11.4. The molecule has 0 unspecified atom stereocenters. The van der Waals surface area contributed by atoms with Gasteiger partial charge in [0.1, 0.15) is 0 Å². The van der Waals surface area contributed by atoms with Crippen LogP contribution in [-0.2, 0) is 11.3 Å². The first-order chi connectivity index (χ1) is 9.79. The lowest BCUT2D eigenvalue weighted by Gasteiger charge is -2.07. The van der Waals surface area contributed by atoms with Gasteiger partial charge in [0.05, 0.1) is 18.8 Å². The molecule has 2 amide bonds. The molecule has 0 fully saturated rings. The van der Waals surface area contributed by atoms with E-state index in [0.29, 0.717) is 26.2 Å². The van der Waals surface area contributed by atoms with Gasteiger partial charge in [0.2, 0.25) is 0 Å². The number of ether oxygens (including phenoxy) is 1. The standard InChI is InChI=1S/C13H18N4O2S/c1-19-8-5-15-13(18)14-4-7-17-6-2-12(16-17)11-3-9-20-10-11/h2-3,6,9-10H,4-5,7-8H2,1H3,(H2,14,15,18). The molecule has 7 heteroatoms. The molecule has 0 spiro atoms. The highest BCUT2D eigenvalue weighted by atomic mass is 32.1. The van der Waals surface area contributed by atoms with E-state index in [-0.39, 0.29) is 6.03 Å². The number of aromatic nitrogens is 2. The minimum absolute atomic E-state index is 0.188. The van der Waals surface area contributed by atoms with Gasteiger partial charge in [-0.1, -0.05) is 0 Å². The van der Waals surface area contributed by atoms with E-state index < -0.39 is 0 Å². The smallest absolute Gasteiger partial charge is 0.314 e. The van der Waals surface area contributed by atoms with E-state index in [9.17, 15) is 4.79 Å². The first kappa shape index (κ1) is 14.5. The summed E-state index contributed by atoms with van der Waals surface area (Å²) in [6.45, 7) is 2.19. The zero-order valence-electron chi connectivity index (χ0n) is 11.3. The van der Waals surface area contributed by atoms with Gasteiger partial charge in [0, 0.05) is 37.3 Å². The summed E-state index contributed by atoms with van der Waals surface area (Å²) in [6, 6.07) is 3.83. The van der Waals surface area contributed by atoms with Gasteiger partial charge >= 0.3 is 6.03 Å². The Bertz CT molecular complexity index is 524. The Morgan fingerprint density at radius 3 is 3.00 bits per heavy atom. The second-order valence-electron chi connectivity index (χ2n) is 4.15. The molecule has 2 N–H and O–H groups in total. The Kier molecular flexibility index (Phi) is 5.57. The van der Waals surface area contributed by atoms with Crippen LogP contribution >= 0.6 is 11.3 Å². The molecule has 0 aliphatic carbocycles. The summed E-state index contributed by atoms with van der Waals surface area (Å²) < 4.78 is 6.67. The Balaban J connectivity index is 1.71. The third kappa shape index (κ3) is 4.36. The summed E-state index contributed by atoms with van der Waals surface area (Å²) >= 11 is 1.65. The van der Waals surface area contributed by atoms with Crippen molar-refractivity contribution in [2.45, 2.75) is 6.54 Å². The van der Waals surface area contributed by atoms with Crippen LogP contribution in [0.25, 0.3) is 11.3 Å². The molecular weight excluding hydrogens is 276 g/mol. The molecular formula is C13H18N4O2S. The van der Waals surface area contributed by atoms with Crippen LogP contribution in [0.5, 0.6) is 0 Å². The van der Waals surface area contributed by atoms with Crippen molar-refractivity contribution in [3.8, 4) is 11.3 Å². The van der Waals surface area contributed by atoms with Crippen molar-refractivity contribution in [1.82, 2.24) is 20.4 Å². The molecule has 2 rings (SSSR count). The minimum Gasteiger partial charge on any atom is -0.383 e. The van der Waals surface area contributed by atoms with Crippen LogP contribution in [0.15, 0.2) is 29.1 Å². The Labute approximate surface area is 121 Å². The van der Waals surface area contributed by atoms with E-state index in [1.165, 1.54) is 0 Å². The van der Waals surface area contributed by atoms with Crippen molar-refractivity contribution in [3.63, 3.8) is 0 Å². The van der Waals surface area contributed by atoms with Gasteiger partial charge in [-0.15, -0.1) is 0 Å². The lowest BCUT2D eigenvalue weighted by atomic mass is 10.2. The van der Waals surface area contributed by atoms with Crippen LogP contribution in [0.1, 0.15) is 0 Å². The van der Waals surface area contributed by atoms with Crippen LogP contribution in [0.2, 0.25) is 0 Å². The molecule has 20 heavy (non-hydrogen) atoms. The molecule has 0 atom stereocenters. The monoisotopic (exact) mass is 294 g/mol. The number of rotatable bonds is 7.